The summed E-state index contributed by atoms with van der Waals surface area (Å²) in [6.45, 7) is -2.12. The molecule has 0 aromatic heterocycles. The number of ether oxygens (including phenoxy) is 1. The van der Waals surface area contributed by atoms with E-state index in [1.165, 1.54) is 12.1 Å². The minimum atomic E-state index is -3.23. The van der Waals surface area contributed by atoms with Gasteiger partial charge in [-0.3, -0.25) is 14.9 Å². The van der Waals surface area contributed by atoms with Gasteiger partial charge in [0.1, 0.15) is 0 Å². The highest BCUT2D eigenvalue weighted by Crippen LogP contribution is 2.36. The third-order valence-electron chi connectivity index (χ3n) is 1.85. The van der Waals surface area contributed by atoms with Crippen LogP contribution >= 0.6 is 22.6 Å². The first kappa shape index (κ1) is 13.7. The lowest BCUT2D eigenvalue weighted by molar-refractivity contribution is -0.387. The molecule has 0 aliphatic heterocycles. The average molecular weight is 357 g/mol. The molecule has 1 aromatic carbocycles. The number of hydrogen-bond donors (Lipinski definition) is 0. The van der Waals surface area contributed by atoms with Crippen molar-refractivity contribution < 1.29 is 23.2 Å². The molecule has 0 atom stereocenters. The normalized spacial score (nSPS) is 10.4. The zero-order valence-electron chi connectivity index (χ0n) is 8.45. The van der Waals surface area contributed by atoms with Crippen molar-refractivity contribution in [3.05, 3.63) is 31.4 Å². The van der Waals surface area contributed by atoms with Crippen LogP contribution < -0.4 is 4.74 Å². The first-order chi connectivity index (χ1) is 7.84. The van der Waals surface area contributed by atoms with Crippen molar-refractivity contribution >= 4 is 34.1 Å². The molecule has 5 nitrogen and oxygen atoms in total. The van der Waals surface area contributed by atoms with Crippen molar-refractivity contribution in [3.8, 4) is 5.75 Å². The molecule has 0 aliphatic rings. The molecule has 0 fully saturated rings. The monoisotopic (exact) mass is 357 g/mol. The lowest BCUT2D eigenvalue weighted by Crippen LogP contribution is -2.10. The van der Waals surface area contributed by atoms with Crippen molar-refractivity contribution in [3.63, 3.8) is 0 Å². The van der Waals surface area contributed by atoms with Gasteiger partial charge < -0.3 is 4.74 Å². The largest absolute Gasteiger partial charge is 0.427 e. The van der Waals surface area contributed by atoms with Crippen LogP contribution in [0.4, 0.5) is 14.5 Å². The van der Waals surface area contributed by atoms with E-state index in [1.807, 2.05) is 0 Å². The van der Waals surface area contributed by atoms with E-state index in [2.05, 4.69) is 4.74 Å². The lowest BCUT2D eigenvalue weighted by atomic mass is 10.1. The predicted molar refractivity (Wildman–Crippen MR) is 62.4 cm³/mol. The van der Waals surface area contributed by atoms with E-state index < -0.39 is 28.8 Å². The number of halogens is 3. The van der Waals surface area contributed by atoms with Crippen molar-refractivity contribution in [2.75, 3.05) is 0 Å². The quantitative estimate of drug-likeness (QED) is 0.360. The molecule has 0 spiro atoms. The maximum absolute atomic E-state index is 12.2. The highest BCUT2D eigenvalue weighted by atomic mass is 127. The number of carbonyl (C=O) groups is 1. The van der Waals surface area contributed by atoms with Crippen molar-refractivity contribution in [1.82, 2.24) is 0 Å². The van der Waals surface area contributed by atoms with Crippen LogP contribution in [0.25, 0.3) is 0 Å². The number of carbonyl (C=O) groups excluding carboxylic acids is 1. The Kier molecular flexibility index (Phi) is 4.32. The fraction of sp³-hybridized carbons (Fsp3) is 0.222. The van der Waals surface area contributed by atoms with Gasteiger partial charge in [0.05, 0.1) is 14.1 Å². The Labute approximate surface area is 108 Å². The summed E-state index contributed by atoms with van der Waals surface area (Å²) in [7, 11) is 0. The van der Waals surface area contributed by atoms with Crippen LogP contribution in [-0.2, 0) is 0 Å². The molecule has 1 rings (SSSR count). The molecule has 0 saturated heterocycles. The summed E-state index contributed by atoms with van der Waals surface area (Å²) >= 11 is 1.61. The Morgan fingerprint density at radius 3 is 2.53 bits per heavy atom. The average Bonchev–Trinajstić information content (AvgIpc) is 2.15. The second-order valence-electron chi connectivity index (χ2n) is 2.96. The summed E-state index contributed by atoms with van der Waals surface area (Å²) < 4.78 is 28.6. The fourth-order valence-electron chi connectivity index (χ4n) is 1.20. The predicted octanol–water partition coefficient (Wildman–Crippen LogP) is 3.00. The van der Waals surface area contributed by atoms with Crippen molar-refractivity contribution in [2.45, 2.75) is 13.5 Å². The molecule has 0 unspecified atom stereocenters. The summed E-state index contributed by atoms with van der Waals surface area (Å²) in [4.78, 5) is 21.1. The first-order valence-electron chi connectivity index (χ1n) is 4.27. The third-order valence-corrected chi connectivity index (χ3v) is 2.72. The summed E-state index contributed by atoms with van der Waals surface area (Å²) in [5.74, 6) is -1.27. The van der Waals surface area contributed by atoms with Gasteiger partial charge >= 0.3 is 12.3 Å². The molecule has 1 aromatic rings. The molecular weight excluding hydrogens is 351 g/mol. The second kappa shape index (κ2) is 5.34. The van der Waals surface area contributed by atoms with Crippen LogP contribution in [0.5, 0.6) is 5.75 Å². The number of Topliss-reactive ketones (excluding diaryl/α,β-unsaturated/α-hetero) is 1. The van der Waals surface area contributed by atoms with Crippen LogP contribution in [-0.4, -0.2) is 17.3 Å². The Morgan fingerprint density at radius 1 is 1.53 bits per heavy atom. The highest BCUT2D eigenvalue weighted by molar-refractivity contribution is 14.1. The summed E-state index contributed by atoms with van der Waals surface area (Å²) in [6, 6.07) is 2.52. The Balaban J connectivity index is 3.49. The molecule has 0 heterocycles. The zero-order valence-corrected chi connectivity index (χ0v) is 10.6. The van der Waals surface area contributed by atoms with E-state index in [1.54, 1.807) is 22.6 Å². The van der Waals surface area contributed by atoms with Crippen LogP contribution in [0, 0.1) is 13.7 Å². The highest BCUT2D eigenvalue weighted by Gasteiger charge is 2.27. The molecule has 92 valence electrons. The van der Waals surface area contributed by atoms with Gasteiger partial charge in [0, 0.05) is 0 Å². The van der Waals surface area contributed by atoms with E-state index in [4.69, 9.17) is 0 Å². The van der Waals surface area contributed by atoms with Crippen molar-refractivity contribution in [2.24, 2.45) is 0 Å². The lowest BCUT2D eigenvalue weighted by Gasteiger charge is -2.09. The molecule has 0 radical (unpaired) electrons. The summed E-state index contributed by atoms with van der Waals surface area (Å²) in [5, 5.41) is 10.8. The van der Waals surface area contributed by atoms with Gasteiger partial charge in [-0.1, -0.05) is 0 Å². The van der Waals surface area contributed by atoms with E-state index in [9.17, 15) is 23.7 Å². The number of benzene rings is 1. The Hall–Kier alpha value is -1.32. The van der Waals surface area contributed by atoms with E-state index in [0.29, 0.717) is 0 Å². The van der Waals surface area contributed by atoms with Gasteiger partial charge in [0.25, 0.3) is 0 Å². The van der Waals surface area contributed by atoms with E-state index in [0.717, 1.165) is 6.92 Å². The van der Waals surface area contributed by atoms with E-state index in [-0.39, 0.29) is 9.13 Å². The van der Waals surface area contributed by atoms with Gasteiger partial charge in [-0.05, 0) is 41.6 Å². The summed E-state index contributed by atoms with van der Waals surface area (Å²) in [5.41, 5.74) is -0.865. The maximum Gasteiger partial charge on any atom is 0.387 e. The van der Waals surface area contributed by atoms with Crippen LogP contribution in [0.2, 0.25) is 0 Å². The topological polar surface area (TPSA) is 69.4 Å². The molecule has 0 aliphatic carbocycles. The SMILES string of the molecule is CC(=O)c1ccc(I)c([N+](=O)[O-])c1OC(F)F. The molecule has 0 N–H and O–H groups in total. The molecule has 0 bridgehead atoms. The smallest absolute Gasteiger partial charge is 0.387 e. The van der Waals surface area contributed by atoms with Crippen LogP contribution in [0.1, 0.15) is 17.3 Å². The van der Waals surface area contributed by atoms with Crippen LogP contribution in [0.15, 0.2) is 12.1 Å². The third kappa shape index (κ3) is 3.08. The maximum atomic E-state index is 12.2. The molecule has 0 saturated carbocycles. The summed E-state index contributed by atoms with van der Waals surface area (Å²) in [6.07, 6.45) is 0. The van der Waals surface area contributed by atoms with Gasteiger partial charge in [-0.15, -0.1) is 0 Å². The number of nitrogens with zero attached hydrogens (tertiary/aromatic N) is 1. The second-order valence-corrected chi connectivity index (χ2v) is 4.13. The minimum Gasteiger partial charge on any atom is -0.427 e. The van der Waals surface area contributed by atoms with Crippen molar-refractivity contribution in [1.29, 1.82) is 0 Å². The number of rotatable bonds is 4. The van der Waals surface area contributed by atoms with Crippen LogP contribution in [0.3, 0.4) is 0 Å². The number of alkyl halides is 2. The molecule has 0 amide bonds. The Bertz CT molecular complexity index is 478. The first-order valence-corrected chi connectivity index (χ1v) is 5.35. The zero-order chi connectivity index (χ0) is 13.2. The molecule has 17 heavy (non-hydrogen) atoms. The van der Waals surface area contributed by atoms with Gasteiger partial charge in [-0.25, -0.2) is 0 Å². The van der Waals surface area contributed by atoms with E-state index >= 15 is 0 Å². The number of nitro benzene ring substituents is 1. The Morgan fingerprint density at radius 2 is 2.12 bits per heavy atom. The molecular formula is C9H6F2INO4. The standard InChI is InChI=1S/C9H6F2INO4/c1-4(14)5-2-3-6(12)7(13(15)16)8(5)17-9(10)11/h2-3,9H,1H3. The number of ketones is 1. The van der Waals surface area contributed by atoms with Gasteiger partial charge in [-0.2, -0.15) is 8.78 Å². The van der Waals surface area contributed by atoms with Gasteiger partial charge in [0.2, 0.25) is 5.75 Å². The van der Waals surface area contributed by atoms with Gasteiger partial charge in [0.15, 0.2) is 5.78 Å². The minimum absolute atomic E-state index is 0.119. The number of nitro groups is 1. The number of hydrogen-bond acceptors (Lipinski definition) is 4. The molecule has 8 heteroatoms. The fourth-order valence-corrected chi connectivity index (χ4v) is 1.82.